The number of ether oxygens (including phenoxy) is 1. The van der Waals surface area contributed by atoms with Crippen LogP contribution in [0.1, 0.15) is 34.5 Å². The van der Waals surface area contributed by atoms with E-state index in [1.165, 1.54) is 24.3 Å². The molecule has 2 heterocycles. The van der Waals surface area contributed by atoms with E-state index in [4.69, 9.17) is 11.2 Å². The molecular weight excluding hydrogens is 433 g/mol. The van der Waals surface area contributed by atoms with Gasteiger partial charge < -0.3 is 15.8 Å². The third kappa shape index (κ3) is 7.81. The van der Waals surface area contributed by atoms with Crippen LogP contribution in [0.25, 0.3) is 0 Å². The number of halogens is 3. The lowest BCUT2D eigenvalue weighted by molar-refractivity contribution is -0.274. The largest absolute Gasteiger partial charge is 0.573 e. The first-order chi connectivity index (χ1) is 16.2. The van der Waals surface area contributed by atoms with Crippen LogP contribution in [0.15, 0.2) is 36.4 Å². The van der Waals surface area contributed by atoms with Gasteiger partial charge in [-0.3, -0.25) is 4.79 Å². The average molecular weight is 456 g/mol. The quantitative estimate of drug-likeness (QED) is 0.506. The number of nitrogens with zero attached hydrogens (tertiary/aromatic N) is 4. The molecule has 0 spiro atoms. The summed E-state index contributed by atoms with van der Waals surface area (Å²) in [5.41, 5.74) is 5.47. The van der Waals surface area contributed by atoms with Crippen LogP contribution in [0.4, 0.5) is 24.1 Å². The van der Waals surface area contributed by atoms with Crippen molar-refractivity contribution < 1.29 is 28.2 Å². The Balaban J connectivity index is 1.61. The van der Waals surface area contributed by atoms with Gasteiger partial charge in [0.25, 0.3) is 0 Å². The van der Waals surface area contributed by atoms with Gasteiger partial charge in [0.2, 0.25) is 11.0 Å². The summed E-state index contributed by atoms with van der Waals surface area (Å²) in [7, 11) is 0. The third-order valence-corrected chi connectivity index (χ3v) is 4.40. The monoisotopic (exact) mass is 456 g/mol. The molecule has 0 aliphatic rings. The van der Waals surface area contributed by atoms with Gasteiger partial charge in [-0.15, -0.1) is 28.5 Å². The number of aryl methyl sites for hydroxylation is 2. The van der Waals surface area contributed by atoms with E-state index in [2.05, 4.69) is 30.4 Å². The molecule has 0 unspecified atom stereocenters. The highest BCUT2D eigenvalue weighted by atomic mass is 32.1. The summed E-state index contributed by atoms with van der Waals surface area (Å²) in [5, 5.41) is 18.0. The van der Waals surface area contributed by atoms with Crippen LogP contribution in [-0.2, 0) is 24.0 Å². The minimum Gasteiger partial charge on any atom is -0.406 e. The van der Waals surface area contributed by atoms with Gasteiger partial charge in [-0.1, -0.05) is 23.5 Å². The summed E-state index contributed by atoms with van der Waals surface area (Å²) in [4.78, 5) is 12.2. The fraction of sp³-hybridized carbons (Fsp3) is 0.316. The van der Waals surface area contributed by atoms with Crippen molar-refractivity contribution in [3.8, 4) is 5.75 Å². The normalized spacial score (nSPS) is 14.2. The number of carbonyl (C=O) groups is 1. The lowest BCUT2D eigenvalue weighted by Gasteiger charge is -2.10. The van der Waals surface area contributed by atoms with E-state index in [-0.39, 0.29) is 41.5 Å². The fourth-order valence-corrected chi connectivity index (χ4v) is 2.99. The number of aromatic nitrogens is 4. The second-order valence-electron chi connectivity index (χ2n) is 6.06. The molecule has 0 fully saturated rings. The van der Waals surface area contributed by atoms with Crippen molar-refractivity contribution in [2.45, 2.75) is 38.4 Å². The molecule has 31 heavy (non-hydrogen) atoms. The molecule has 0 radical (unpaired) electrons. The predicted molar refractivity (Wildman–Crippen MR) is 108 cm³/mol. The lowest BCUT2D eigenvalue weighted by atomic mass is 10.1. The number of benzene rings is 1. The number of amides is 1. The summed E-state index contributed by atoms with van der Waals surface area (Å²) in [6, 6.07) is 7.39. The number of nitrogens with two attached hydrogens (primary N) is 1. The SMILES string of the molecule is [2H]C([2H])(CCc1nnc(N)s1)C([2H])([2H])c1ccc(NC(=O)Cc2cccc(OC(F)(F)F)c2)nn1. The van der Waals surface area contributed by atoms with E-state index < -0.39 is 30.8 Å². The molecule has 1 amide bonds. The number of nitrogens with one attached hydrogen (secondary N) is 1. The van der Waals surface area contributed by atoms with Crippen LogP contribution in [-0.4, -0.2) is 32.7 Å². The summed E-state index contributed by atoms with van der Waals surface area (Å²) >= 11 is 1.09. The molecule has 2 aromatic heterocycles. The maximum atomic E-state index is 12.4. The van der Waals surface area contributed by atoms with E-state index in [0.717, 1.165) is 23.5 Å². The molecule has 0 atom stereocenters. The molecule has 164 valence electrons. The first kappa shape index (κ1) is 17.4. The average Bonchev–Trinajstić information content (AvgIpc) is 3.17. The minimum absolute atomic E-state index is 0.0397. The zero-order valence-corrected chi connectivity index (χ0v) is 16.6. The Labute approximate surface area is 185 Å². The molecular formula is C19H19F3N6O2S. The maximum Gasteiger partial charge on any atom is 0.573 e. The third-order valence-electron chi connectivity index (χ3n) is 3.59. The smallest absolute Gasteiger partial charge is 0.406 e. The van der Waals surface area contributed by atoms with E-state index in [1.807, 2.05) is 0 Å². The second kappa shape index (κ2) is 10.2. The van der Waals surface area contributed by atoms with Crippen molar-refractivity contribution >= 4 is 28.2 Å². The van der Waals surface area contributed by atoms with Crippen molar-refractivity contribution in [2.75, 3.05) is 11.1 Å². The zero-order valence-electron chi connectivity index (χ0n) is 19.8. The Bertz CT molecular complexity index is 1180. The molecule has 3 aromatic rings. The Morgan fingerprint density at radius 2 is 2.03 bits per heavy atom. The van der Waals surface area contributed by atoms with Crippen LogP contribution in [0.3, 0.4) is 0 Å². The standard InChI is InChI=1S/C19H19F3N6O2S/c20-19(21,22)30-14-6-3-4-12(10-14)11-16(29)24-15-9-8-13(25-26-15)5-1-2-7-17-27-28-18(23)31-17/h3-4,6,8-10H,1-2,5,7,11H2,(H2,23,28)(H,24,26,29)/i1D2,5D2. The van der Waals surface area contributed by atoms with Crippen molar-refractivity contribution in [1.82, 2.24) is 20.4 Å². The molecule has 3 N–H and O–H groups in total. The molecule has 0 aliphatic heterocycles. The van der Waals surface area contributed by atoms with Gasteiger partial charge >= 0.3 is 6.36 Å². The van der Waals surface area contributed by atoms with Crippen molar-refractivity contribution in [3.63, 3.8) is 0 Å². The number of alkyl halides is 3. The molecule has 0 saturated heterocycles. The van der Waals surface area contributed by atoms with Crippen LogP contribution in [0.2, 0.25) is 0 Å². The summed E-state index contributed by atoms with van der Waals surface area (Å²) in [5.74, 6) is -1.11. The molecule has 8 nitrogen and oxygen atoms in total. The first-order valence-electron chi connectivity index (χ1n) is 10.8. The van der Waals surface area contributed by atoms with Gasteiger partial charge in [0.15, 0.2) is 5.82 Å². The summed E-state index contributed by atoms with van der Waals surface area (Å²) in [6.07, 6.45) is -10.1. The van der Waals surface area contributed by atoms with Crippen LogP contribution in [0.5, 0.6) is 5.75 Å². The highest BCUT2D eigenvalue weighted by molar-refractivity contribution is 7.15. The lowest BCUT2D eigenvalue weighted by Crippen LogP contribution is -2.18. The van der Waals surface area contributed by atoms with Gasteiger partial charge in [0.05, 0.1) is 12.1 Å². The zero-order chi connectivity index (χ0) is 25.9. The van der Waals surface area contributed by atoms with E-state index in [9.17, 15) is 18.0 Å². The molecule has 0 bridgehead atoms. The van der Waals surface area contributed by atoms with Gasteiger partial charge in [-0.2, -0.15) is 5.10 Å². The maximum absolute atomic E-state index is 12.4. The van der Waals surface area contributed by atoms with E-state index >= 15 is 0 Å². The van der Waals surface area contributed by atoms with Crippen LogP contribution in [0, 0.1) is 0 Å². The van der Waals surface area contributed by atoms with Gasteiger partial charge in [-0.25, -0.2) is 0 Å². The van der Waals surface area contributed by atoms with Crippen molar-refractivity contribution in [3.05, 3.63) is 52.7 Å². The number of hydrogen-bond donors (Lipinski definition) is 2. The van der Waals surface area contributed by atoms with E-state index in [0.29, 0.717) is 5.01 Å². The highest BCUT2D eigenvalue weighted by Crippen LogP contribution is 2.23. The van der Waals surface area contributed by atoms with Crippen LogP contribution < -0.4 is 15.8 Å². The van der Waals surface area contributed by atoms with Gasteiger partial charge in [-0.05, 0) is 49.0 Å². The Morgan fingerprint density at radius 1 is 1.19 bits per heavy atom. The molecule has 0 aliphatic carbocycles. The fourth-order valence-electron chi connectivity index (χ4n) is 2.38. The molecule has 1 aromatic carbocycles. The highest BCUT2D eigenvalue weighted by Gasteiger charge is 2.31. The minimum atomic E-state index is -4.86. The van der Waals surface area contributed by atoms with Crippen molar-refractivity contribution in [2.24, 2.45) is 0 Å². The van der Waals surface area contributed by atoms with E-state index in [1.54, 1.807) is 0 Å². The number of nitrogen functional groups attached to an aromatic ring is 1. The van der Waals surface area contributed by atoms with Crippen molar-refractivity contribution in [1.29, 1.82) is 0 Å². The topological polar surface area (TPSA) is 116 Å². The molecule has 3 rings (SSSR count). The van der Waals surface area contributed by atoms with Crippen LogP contribution >= 0.6 is 11.3 Å². The predicted octanol–water partition coefficient (Wildman–Crippen LogP) is 3.56. The Kier molecular flexibility index (Phi) is 5.70. The molecule has 12 heteroatoms. The van der Waals surface area contributed by atoms with Gasteiger partial charge in [0, 0.05) is 11.9 Å². The summed E-state index contributed by atoms with van der Waals surface area (Å²) in [6.45, 7) is 0. The summed E-state index contributed by atoms with van der Waals surface area (Å²) < 4.78 is 73.7. The Morgan fingerprint density at radius 3 is 2.71 bits per heavy atom. The Hall–Kier alpha value is -3.28. The number of anilines is 2. The molecule has 0 saturated carbocycles. The first-order valence-corrected chi connectivity index (χ1v) is 9.63. The number of hydrogen-bond acceptors (Lipinski definition) is 8. The second-order valence-corrected chi connectivity index (χ2v) is 7.15. The number of rotatable bonds is 9. The number of carbonyl (C=O) groups excluding carboxylic acids is 1. The van der Waals surface area contributed by atoms with Gasteiger partial charge in [0.1, 0.15) is 10.8 Å².